The standard InChI is InChI=1S/C25H21N3O4/c1-2-13-32-20-9-7-18(8-10-20)23(29)21-22(19-6-4-12-27-15-19)28(25(31)24(21)30)16-17-5-3-11-26-14-17/h2-12,14-15,22,29H,1,13,16H2/b23-21+. The predicted octanol–water partition coefficient (Wildman–Crippen LogP) is 1.88. The summed E-state index contributed by atoms with van der Waals surface area (Å²) in [4.78, 5) is 34.5. The van der Waals surface area contributed by atoms with E-state index in [-0.39, 0.29) is 12.1 Å². The molecule has 7 nitrogen and oxygen atoms in total. The molecule has 0 radical (unpaired) electrons. The summed E-state index contributed by atoms with van der Waals surface area (Å²) in [5, 5.41) is 13.4. The molecule has 160 valence electrons. The maximum Gasteiger partial charge on any atom is 0.295 e. The molecule has 1 aliphatic rings. The Morgan fingerprint density at radius 1 is 1.19 bits per heavy atom. The highest BCUT2D eigenvalue weighted by molar-refractivity contribution is 6.46. The maximum absolute atomic E-state index is 13.4. The van der Waals surface area contributed by atoms with Crippen LogP contribution in [0.25, 0.3) is 5.76 Å². The number of aromatic nitrogens is 2. The minimum atomic E-state index is -0.826. The number of ether oxygens (including phenoxy) is 1. The molecule has 3 aromatic rings. The zero-order chi connectivity index (χ0) is 22.5. The molecule has 1 N–H and O–H groups in total. The summed E-state index contributed by atoms with van der Waals surface area (Å²) in [6.45, 7) is 4.11. The molecule has 1 fully saturated rings. The van der Waals surface area contributed by atoms with Crippen LogP contribution in [0.5, 0.6) is 5.75 Å². The third-order valence-electron chi connectivity index (χ3n) is 5.14. The van der Waals surface area contributed by atoms with E-state index >= 15 is 0 Å². The lowest BCUT2D eigenvalue weighted by Crippen LogP contribution is -2.29. The number of likely N-dealkylation sites (tertiary alicyclic amines) is 1. The van der Waals surface area contributed by atoms with Gasteiger partial charge in [-0.15, -0.1) is 0 Å². The third-order valence-corrected chi connectivity index (χ3v) is 5.14. The molecule has 1 saturated heterocycles. The first kappa shape index (κ1) is 21.0. The van der Waals surface area contributed by atoms with Gasteiger partial charge in [0, 0.05) is 29.6 Å². The van der Waals surface area contributed by atoms with Gasteiger partial charge in [-0.25, -0.2) is 4.98 Å². The molecule has 0 bridgehead atoms. The van der Waals surface area contributed by atoms with Crippen molar-refractivity contribution < 1.29 is 24.4 Å². The van der Waals surface area contributed by atoms with Gasteiger partial charge in [-0.2, -0.15) is 0 Å². The second kappa shape index (κ2) is 9.26. The number of hydrogen-bond donors (Lipinski definition) is 0. The van der Waals surface area contributed by atoms with E-state index in [2.05, 4.69) is 16.5 Å². The molecular formula is C25H21N3O4. The number of nitrogens with zero attached hydrogens (tertiary/aromatic N) is 2. The van der Waals surface area contributed by atoms with Gasteiger partial charge >= 0.3 is 0 Å². The summed E-state index contributed by atoms with van der Waals surface area (Å²) in [5.74, 6) is -1.42. The maximum atomic E-state index is 13.4. The summed E-state index contributed by atoms with van der Waals surface area (Å²) in [6.07, 6.45) is 8.29. The summed E-state index contributed by atoms with van der Waals surface area (Å²) in [5.41, 5.74) is 1.62. The Bertz CT molecular complexity index is 1160. The normalized spacial score (nSPS) is 17.4. The molecule has 3 heterocycles. The number of nitrogens with one attached hydrogen (secondary N) is 1. The van der Waals surface area contributed by atoms with Crippen LogP contribution in [-0.4, -0.2) is 28.2 Å². The van der Waals surface area contributed by atoms with Gasteiger partial charge in [0.2, 0.25) is 5.78 Å². The first-order valence-electron chi connectivity index (χ1n) is 10.1. The molecule has 1 unspecified atom stereocenters. The van der Waals surface area contributed by atoms with Crippen LogP contribution in [0.4, 0.5) is 0 Å². The van der Waals surface area contributed by atoms with Crippen LogP contribution in [0.15, 0.2) is 91.5 Å². The van der Waals surface area contributed by atoms with Crippen LogP contribution in [0.1, 0.15) is 22.7 Å². The molecule has 0 spiro atoms. The zero-order valence-electron chi connectivity index (χ0n) is 17.2. The van der Waals surface area contributed by atoms with Gasteiger partial charge < -0.3 is 14.7 Å². The lowest BCUT2D eigenvalue weighted by Gasteiger charge is -2.27. The van der Waals surface area contributed by atoms with Crippen LogP contribution in [0.2, 0.25) is 0 Å². The number of benzene rings is 1. The molecule has 0 saturated carbocycles. The lowest BCUT2D eigenvalue weighted by molar-refractivity contribution is -0.378. The topological polar surface area (TPSA) is 96.7 Å². The van der Waals surface area contributed by atoms with E-state index in [0.29, 0.717) is 23.5 Å². The first-order valence-corrected chi connectivity index (χ1v) is 10.1. The smallest absolute Gasteiger partial charge is 0.295 e. The zero-order valence-corrected chi connectivity index (χ0v) is 17.2. The highest BCUT2D eigenvalue weighted by Gasteiger charge is 2.44. The highest BCUT2D eigenvalue weighted by atomic mass is 16.5. The number of aromatic amines is 1. The first-order chi connectivity index (χ1) is 15.6. The summed E-state index contributed by atoms with van der Waals surface area (Å²) >= 11 is 0. The number of rotatable bonds is 7. The number of amides is 1. The molecule has 2 aromatic heterocycles. The number of carbonyl (C=O) groups is 2. The second-order valence-corrected chi connectivity index (χ2v) is 7.23. The number of hydrogen-bond acceptors (Lipinski definition) is 5. The summed E-state index contributed by atoms with van der Waals surface area (Å²) in [7, 11) is 0. The van der Waals surface area contributed by atoms with Crippen LogP contribution in [0, 0.1) is 0 Å². The van der Waals surface area contributed by atoms with E-state index in [0.717, 1.165) is 5.56 Å². The fourth-order valence-corrected chi connectivity index (χ4v) is 3.66. The van der Waals surface area contributed by atoms with Gasteiger partial charge in [-0.3, -0.25) is 14.6 Å². The molecule has 1 aromatic carbocycles. The largest absolute Gasteiger partial charge is 0.872 e. The lowest BCUT2D eigenvalue weighted by atomic mass is 9.96. The van der Waals surface area contributed by atoms with Crippen LogP contribution in [-0.2, 0) is 16.1 Å². The fourth-order valence-electron chi connectivity index (χ4n) is 3.66. The number of ketones is 1. The van der Waals surface area contributed by atoms with E-state index < -0.39 is 23.5 Å². The van der Waals surface area contributed by atoms with Crippen LogP contribution in [0.3, 0.4) is 0 Å². The van der Waals surface area contributed by atoms with Crippen molar-refractivity contribution in [1.82, 2.24) is 9.88 Å². The van der Waals surface area contributed by atoms with Crippen molar-refractivity contribution in [3.8, 4) is 5.75 Å². The van der Waals surface area contributed by atoms with E-state index in [1.165, 1.54) is 4.90 Å². The van der Waals surface area contributed by atoms with Crippen molar-refractivity contribution in [3.63, 3.8) is 0 Å². The Morgan fingerprint density at radius 3 is 2.66 bits per heavy atom. The Morgan fingerprint density at radius 2 is 2.00 bits per heavy atom. The quantitative estimate of drug-likeness (QED) is 0.248. The van der Waals surface area contributed by atoms with E-state index in [1.807, 2.05) is 12.1 Å². The summed E-state index contributed by atoms with van der Waals surface area (Å²) in [6, 6.07) is 12.8. The van der Waals surface area contributed by atoms with E-state index in [9.17, 15) is 14.7 Å². The molecule has 7 heteroatoms. The van der Waals surface area contributed by atoms with Gasteiger partial charge in [0.05, 0.1) is 12.6 Å². The Kier molecular flexibility index (Phi) is 6.07. The molecule has 4 rings (SSSR count). The van der Waals surface area contributed by atoms with E-state index in [1.54, 1.807) is 67.3 Å². The van der Waals surface area contributed by atoms with Crippen molar-refractivity contribution in [2.75, 3.05) is 6.61 Å². The minimum absolute atomic E-state index is 0.0809. The van der Waals surface area contributed by atoms with Crippen molar-refractivity contribution in [2.24, 2.45) is 0 Å². The second-order valence-electron chi connectivity index (χ2n) is 7.23. The molecular weight excluding hydrogens is 406 g/mol. The number of pyridine rings is 2. The molecule has 1 aliphatic heterocycles. The van der Waals surface area contributed by atoms with Gasteiger partial charge in [0.25, 0.3) is 5.91 Å². The van der Waals surface area contributed by atoms with Crippen molar-refractivity contribution in [3.05, 3.63) is 108 Å². The minimum Gasteiger partial charge on any atom is -0.872 e. The Labute approximate surface area is 185 Å². The van der Waals surface area contributed by atoms with Gasteiger partial charge in [-0.1, -0.05) is 36.6 Å². The fraction of sp³-hybridized carbons (Fsp3) is 0.120. The Hall–Kier alpha value is -4.26. The van der Waals surface area contributed by atoms with Crippen LogP contribution < -0.4 is 14.8 Å². The molecule has 1 atom stereocenters. The van der Waals surface area contributed by atoms with Gasteiger partial charge in [-0.05, 0) is 35.4 Å². The SMILES string of the molecule is C=CCOc1ccc(/C([O-])=C2\C(=O)C(=O)N(Cc3ccc[nH+]c3)C2c2cccnc2)cc1. The predicted molar refractivity (Wildman–Crippen MR) is 115 cm³/mol. The highest BCUT2D eigenvalue weighted by Crippen LogP contribution is 2.39. The molecule has 1 amide bonds. The van der Waals surface area contributed by atoms with Gasteiger partial charge in [0.15, 0.2) is 12.4 Å². The van der Waals surface area contributed by atoms with Crippen molar-refractivity contribution in [2.45, 2.75) is 12.6 Å². The number of carbonyl (C=O) groups excluding carboxylic acids is 2. The third kappa shape index (κ3) is 4.13. The molecule has 32 heavy (non-hydrogen) atoms. The van der Waals surface area contributed by atoms with Crippen molar-refractivity contribution in [1.29, 1.82) is 0 Å². The van der Waals surface area contributed by atoms with Gasteiger partial charge in [0.1, 0.15) is 12.4 Å². The molecule has 0 aliphatic carbocycles. The van der Waals surface area contributed by atoms with Crippen molar-refractivity contribution >= 4 is 17.4 Å². The summed E-state index contributed by atoms with van der Waals surface area (Å²) < 4.78 is 5.45. The number of H-pyrrole nitrogens is 1. The average molecular weight is 427 g/mol. The average Bonchev–Trinajstić information content (AvgIpc) is 3.09. The Balaban J connectivity index is 1.77. The monoisotopic (exact) mass is 427 g/mol. The number of Topliss-reactive ketones (excluding diaryl/α,β-unsaturated/α-hetero) is 1. The van der Waals surface area contributed by atoms with E-state index in [4.69, 9.17) is 4.74 Å². The van der Waals surface area contributed by atoms with Crippen LogP contribution >= 0.6 is 0 Å².